The summed E-state index contributed by atoms with van der Waals surface area (Å²) in [5.74, 6) is -0.802. The second-order valence-corrected chi connectivity index (χ2v) is 12.6. The fourth-order valence-electron chi connectivity index (χ4n) is 4.27. The molecule has 0 saturated heterocycles. The zero-order chi connectivity index (χ0) is 32.8. The van der Waals surface area contributed by atoms with Crippen molar-refractivity contribution < 1.29 is 35.9 Å². The van der Waals surface area contributed by atoms with Crippen molar-refractivity contribution in [2.75, 3.05) is 18.0 Å². The SMILES string of the molecule is CC[C@H](C)NC(=O)[C@H](C)N(Cc1cccc(OC)c1)C(=O)CN(c1ccc(Cl)c(C(F)(F)F)c1)S(=O)(=O)c1ccc(C)cc1. The van der Waals surface area contributed by atoms with E-state index < -0.39 is 56.9 Å². The summed E-state index contributed by atoms with van der Waals surface area (Å²) in [6.45, 7) is 5.91. The van der Waals surface area contributed by atoms with Crippen LogP contribution in [0.1, 0.15) is 43.9 Å². The molecule has 0 aliphatic rings. The summed E-state index contributed by atoms with van der Waals surface area (Å²) in [5, 5.41) is 2.19. The summed E-state index contributed by atoms with van der Waals surface area (Å²) in [4.78, 5) is 28.1. The molecule has 0 bridgehead atoms. The van der Waals surface area contributed by atoms with Crippen molar-refractivity contribution in [1.82, 2.24) is 10.2 Å². The Morgan fingerprint density at radius 2 is 1.68 bits per heavy atom. The molecule has 0 spiro atoms. The molecule has 0 aliphatic heterocycles. The molecule has 0 fully saturated rings. The van der Waals surface area contributed by atoms with E-state index in [1.54, 1.807) is 38.1 Å². The second-order valence-electron chi connectivity index (χ2n) is 10.4. The molecule has 0 radical (unpaired) electrons. The van der Waals surface area contributed by atoms with Crippen LogP contribution in [0.2, 0.25) is 5.02 Å². The number of nitrogens with zero attached hydrogens (tertiary/aromatic N) is 2. The molecule has 44 heavy (non-hydrogen) atoms. The van der Waals surface area contributed by atoms with Gasteiger partial charge in [0.05, 0.1) is 28.3 Å². The molecule has 3 rings (SSSR count). The first-order chi connectivity index (χ1) is 20.6. The molecule has 2 amide bonds. The van der Waals surface area contributed by atoms with E-state index >= 15 is 0 Å². The van der Waals surface area contributed by atoms with Gasteiger partial charge in [0, 0.05) is 12.6 Å². The highest BCUT2D eigenvalue weighted by Crippen LogP contribution is 2.38. The number of halogens is 4. The van der Waals surface area contributed by atoms with Crippen LogP contribution in [-0.4, -0.2) is 50.9 Å². The first-order valence-electron chi connectivity index (χ1n) is 13.8. The quantitative estimate of drug-likeness (QED) is 0.251. The van der Waals surface area contributed by atoms with Crippen LogP contribution >= 0.6 is 11.6 Å². The number of hydrogen-bond acceptors (Lipinski definition) is 5. The fourth-order valence-corrected chi connectivity index (χ4v) is 5.90. The summed E-state index contributed by atoms with van der Waals surface area (Å²) < 4.78 is 75.1. The largest absolute Gasteiger partial charge is 0.497 e. The number of amides is 2. The third-order valence-corrected chi connectivity index (χ3v) is 9.20. The molecule has 8 nitrogen and oxygen atoms in total. The molecule has 0 aliphatic carbocycles. The number of sulfonamides is 1. The van der Waals surface area contributed by atoms with Crippen molar-refractivity contribution in [1.29, 1.82) is 0 Å². The minimum atomic E-state index is -4.89. The summed E-state index contributed by atoms with van der Waals surface area (Å²) in [6.07, 6.45) is -4.26. The van der Waals surface area contributed by atoms with Gasteiger partial charge in [-0.3, -0.25) is 13.9 Å². The van der Waals surface area contributed by atoms with E-state index in [9.17, 15) is 31.2 Å². The topological polar surface area (TPSA) is 96.0 Å². The Morgan fingerprint density at radius 3 is 2.27 bits per heavy atom. The molecule has 2 atom stereocenters. The lowest BCUT2D eigenvalue weighted by atomic mass is 10.1. The highest BCUT2D eigenvalue weighted by atomic mass is 35.5. The van der Waals surface area contributed by atoms with Crippen molar-refractivity contribution in [3.05, 3.63) is 88.4 Å². The van der Waals surface area contributed by atoms with Crippen molar-refractivity contribution >= 4 is 39.1 Å². The number of alkyl halides is 3. The average molecular weight is 654 g/mol. The summed E-state index contributed by atoms with van der Waals surface area (Å²) >= 11 is 5.82. The van der Waals surface area contributed by atoms with E-state index in [2.05, 4.69) is 5.32 Å². The van der Waals surface area contributed by atoms with E-state index in [0.717, 1.165) is 17.7 Å². The van der Waals surface area contributed by atoms with Crippen LogP contribution < -0.4 is 14.4 Å². The Bertz CT molecular complexity index is 1580. The van der Waals surface area contributed by atoms with Gasteiger partial charge in [-0.05, 0) is 75.2 Å². The number of ether oxygens (including phenoxy) is 1. The molecule has 13 heteroatoms. The van der Waals surface area contributed by atoms with Crippen LogP contribution in [0.5, 0.6) is 5.75 Å². The molecular formula is C31H35ClF3N3O5S. The van der Waals surface area contributed by atoms with Gasteiger partial charge in [0.2, 0.25) is 11.8 Å². The highest BCUT2D eigenvalue weighted by Gasteiger charge is 2.37. The van der Waals surface area contributed by atoms with Gasteiger partial charge >= 0.3 is 6.18 Å². The summed E-state index contributed by atoms with van der Waals surface area (Å²) in [7, 11) is -3.10. The molecule has 0 unspecified atom stereocenters. The van der Waals surface area contributed by atoms with Gasteiger partial charge in [-0.1, -0.05) is 48.4 Å². The average Bonchev–Trinajstić information content (AvgIpc) is 2.98. The minimum absolute atomic E-state index is 0.113. The fraction of sp³-hybridized carbons (Fsp3) is 0.355. The van der Waals surface area contributed by atoms with Crippen LogP contribution in [0.15, 0.2) is 71.6 Å². The normalized spacial score (nSPS) is 13.1. The van der Waals surface area contributed by atoms with Crippen LogP contribution in [0.4, 0.5) is 18.9 Å². The molecule has 3 aromatic carbocycles. The Kier molecular flexibility index (Phi) is 11.3. The number of hydrogen-bond donors (Lipinski definition) is 1. The van der Waals surface area contributed by atoms with Gasteiger partial charge in [0.15, 0.2) is 0 Å². The number of methoxy groups -OCH3 is 1. The highest BCUT2D eigenvalue weighted by molar-refractivity contribution is 7.92. The predicted molar refractivity (Wildman–Crippen MR) is 163 cm³/mol. The van der Waals surface area contributed by atoms with Gasteiger partial charge in [-0.2, -0.15) is 13.2 Å². The van der Waals surface area contributed by atoms with Gasteiger partial charge in [-0.25, -0.2) is 8.42 Å². The zero-order valence-electron chi connectivity index (χ0n) is 25.0. The van der Waals surface area contributed by atoms with E-state index in [1.165, 1.54) is 43.2 Å². The molecule has 0 heterocycles. The van der Waals surface area contributed by atoms with Crippen LogP contribution in [0.3, 0.4) is 0 Å². The minimum Gasteiger partial charge on any atom is -0.497 e. The molecule has 238 valence electrons. The van der Waals surface area contributed by atoms with Crippen molar-refractivity contribution in [2.45, 2.75) is 63.8 Å². The number of nitrogens with one attached hydrogen (secondary N) is 1. The number of rotatable bonds is 12. The molecule has 0 saturated carbocycles. The van der Waals surface area contributed by atoms with Gasteiger partial charge in [0.1, 0.15) is 18.3 Å². The molecule has 0 aromatic heterocycles. The Labute approximate surface area is 260 Å². The number of anilines is 1. The van der Waals surface area contributed by atoms with Crippen LogP contribution in [0.25, 0.3) is 0 Å². The van der Waals surface area contributed by atoms with E-state index in [0.29, 0.717) is 28.1 Å². The van der Waals surface area contributed by atoms with Crippen molar-refractivity contribution in [3.63, 3.8) is 0 Å². The zero-order valence-corrected chi connectivity index (χ0v) is 26.6. The maximum atomic E-state index is 14.0. The maximum Gasteiger partial charge on any atom is 0.417 e. The van der Waals surface area contributed by atoms with Gasteiger partial charge in [0.25, 0.3) is 10.0 Å². The third-order valence-electron chi connectivity index (χ3n) is 7.09. The van der Waals surface area contributed by atoms with E-state index in [4.69, 9.17) is 16.3 Å². The number of carbonyl (C=O) groups is 2. The lowest BCUT2D eigenvalue weighted by molar-refractivity contribution is -0.139. The lowest BCUT2D eigenvalue weighted by Gasteiger charge is -2.32. The van der Waals surface area contributed by atoms with Gasteiger partial charge < -0.3 is 15.0 Å². The number of benzene rings is 3. The van der Waals surface area contributed by atoms with E-state index in [-0.39, 0.29) is 17.5 Å². The lowest BCUT2D eigenvalue weighted by Crippen LogP contribution is -2.52. The van der Waals surface area contributed by atoms with E-state index in [1.807, 2.05) is 6.92 Å². The summed E-state index contributed by atoms with van der Waals surface area (Å²) in [6, 6.07) is 13.8. The smallest absolute Gasteiger partial charge is 0.417 e. The van der Waals surface area contributed by atoms with Gasteiger partial charge in [-0.15, -0.1) is 0 Å². The van der Waals surface area contributed by atoms with Crippen LogP contribution in [0, 0.1) is 6.92 Å². The first-order valence-corrected chi connectivity index (χ1v) is 15.6. The monoisotopic (exact) mass is 653 g/mol. The standard InChI is InChI=1S/C31H35ClF3N3O5S/c1-6-21(3)36-30(40)22(4)37(18-23-8-7-9-25(16-23)43-5)29(39)19-38(44(41,42)26-13-10-20(2)11-14-26)24-12-15-28(32)27(17-24)31(33,34)35/h7-17,21-22H,6,18-19H2,1-5H3,(H,36,40)/t21-,22-/m0/s1. The van der Waals surface area contributed by atoms with Crippen LogP contribution in [-0.2, 0) is 32.3 Å². The van der Waals surface area contributed by atoms with Crippen molar-refractivity contribution in [3.8, 4) is 5.75 Å². The maximum absolute atomic E-state index is 14.0. The second kappa shape index (κ2) is 14.3. The Morgan fingerprint density at radius 1 is 1.02 bits per heavy atom. The first kappa shape index (κ1) is 34.7. The Balaban J connectivity index is 2.13. The number of aryl methyl sites for hydroxylation is 1. The molecular weight excluding hydrogens is 619 g/mol. The third kappa shape index (κ3) is 8.44. The Hall–Kier alpha value is -3.77. The molecule has 1 N–H and O–H groups in total. The predicted octanol–water partition coefficient (Wildman–Crippen LogP) is 6.20. The van der Waals surface area contributed by atoms with Crippen molar-refractivity contribution in [2.24, 2.45) is 0 Å². The summed E-state index contributed by atoms with van der Waals surface area (Å²) in [5.41, 5.74) is -0.348. The number of carbonyl (C=O) groups excluding carboxylic acids is 2. The molecule has 3 aromatic rings.